The highest BCUT2D eigenvalue weighted by molar-refractivity contribution is 5.52. The minimum absolute atomic E-state index is 0.591. The van der Waals surface area contributed by atoms with Crippen LogP contribution in [0.2, 0.25) is 0 Å². The molecule has 0 unspecified atom stereocenters. The number of alkyl halides is 3. The molecule has 0 spiro atoms. The van der Waals surface area contributed by atoms with E-state index in [1.54, 1.807) is 19.1 Å². The van der Waals surface area contributed by atoms with Crippen molar-refractivity contribution >= 4 is 6.08 Å². The van der Waals surface area contributed by atoms with Gasteiger partial charge in [0.2, 0.25) is 0 Å². The van der Waals surface area contributed by atoms with Gasteiger partial charge in [0.15, 0.2) is 0 Å². The van der Waals surface area contributed by atoms with E-state index in [4.69, 9.17) is 0 Å². The summed E-state index contributed by atoms with van der Waals surface area (Å²) in [6.07, 6.45) is 0.108. The molecule has 1 aromatic rings. The number of hydrogen-bond donors (Lipinski definition) is 1. The van der Waals surface area contributed by atoms with Gasteiger partial charge >= 0.3 is 6.18 Å². The molecule has 1 aromatic carbocycles. The number of hydrogen-bond acceptors (Lipinski definition) is 1. The normalized spacial score (nSPS) is 12.3. The van der Waals surface area contributed by atoms with E-state index in [0.717, 1.165) is 19.0 Å². The number of benzene rings is 1. The van der Waals surface area contributed by atoms with E-state index in [2.05, 4.69) is 5.32 Å². The van der Waals surface area contributed by atoms with Gasteiger partial charge in [0, 0.05) is 0 Å². The summed E-state index contributed by atoms with van der Waals surface area (Å²) < 4.78 is 37.7. The van der Waals surface area contributed by atoms with Gasteiger partial charge in [-0.05, 0) is 50.2 Å². The highest BCUT2D eigenvalue weighted by Crippen LogP contribution is 2.30. The molecule has 94 valence electrons. The quantitative estimate of drug-likeness (QED) is 0.796. The van der Waals surface area contributed by atoms with Crippen LogP contribution in [0.3, 0.4) is 0 Å². The van der Waals surface area contributed by atoms with Crippen molar-refractivity contribution in [1.82, 2.24) is 5.32 Å². The largest absolute Gasteiger partial charge is 0.416 e. The summed E-state index contributed by atoms with van der Waals surface area (Å²) >= 11 is 0. The molecular weight excluding hydrogens is 227 g/mol. The molecule has 0 radical (unpaired) electrons. The summed E-state index contributed by atoms with van der Waals surface area (Å²) in [5.41, 5.74) is 0.618. The summed E-state index contributed by atoms with van der Waals surface area (Å²) in [6.45, 7) is 2.48. The van der Waals surface area contributed by atoms with Crippen LogP contribution in [0.4, 0.5) is 13.2 Å². The number of aryl methyl sites for hydroxylation is 1. The minimum atomic E-state index is -4.28. The van der Waals surface area contributed by atoms with Crippen molar-refractivity contribution in [3.05, 3.63) is 41.0 Å². The van der Waals surface area contributed by atoms with Gasteiger partial charge in [0.05, 0.1) is 5.56 Å². The second-order valence-corrected chi connectivity index (χ2v) is 3.92. The third-order valence-corrected chi connectivity index (χ3v) is 2.30. The van der Waals surface area contributed by atoms with Crippen LogP contribution >= 0.6 is 0 Å². The van der Waals surface area contributed by atoms with E-state index >= 15 is 0 Å². The van der Waals surface area contributed by atoms with Crippen molar-refractivity contribution < 1.29 is 13.2 Å². The van der Waals surface area contributed by atoms with Gasteiger partial charge in [0.25, 0.3) is 0 Å². The van der Waals surface area contributed by atoms with Gasteiger partial charge in [-0.25, -0.2) is 0 Å². The van der Waals surface area contributed by atoms with Gasteiger partial charge in [-0.2, -0.15) is 13.2 Å². The number of nitrogens with one attached hydrogen (secondary N) is 1. The van der Waals surface area contributed by atoms with Crippen LogP contribution in [0, 0.1) is 6.92 Å². The first-order chi connectivity index (χ1) is 7.93. The monoisotopic (exact) mass is 243 g/mol. The second kappa shape index (κ2) is 5.87. The van der Waals surface area contributed by atoms with Gasteiger partial charge in [-0.1, -0.05) is 18.2 Å². The van der Waals surface area contributed by atoms with Crippen molar-refractivity contribution in [2.24, 2.45) is 0 Å². The number of halogens is 3. The predicted octanol–water partition coefficient (Wildman–Crippen LogP) is 3.64. The molecule has 0 aromatic heterocycles. The molecule has 0 saturated carbocycles. The summed E-state index contributed by atoms with van der Waals surface area (Å²) in [5, 5.41) is 2.97. The molecule has 0 bridgehead atoms. The molecule has 0 aliphatic heterocycles. The van der Waals surface area contributed by atoms with Crippen LogP contribution in [0.5, 0.6) is 0 Å². The van der Waals surface area contributed by atoms with Gasteiger partial charge in [-0.3, -0.25) is 0 Å². The summed E-state index contributed by atoms with van der Waals surface area (Å²) in [6, 6.07) is 4.07. The first-order valence-corrected chi connectivity index (χ1v) is 5.43. The number of rotatable bonds is 4. The van der Waals surface area contributed by atoms with Crippen LogP contribution in [0.15, 0.2) is 24.3 Å². The van der Waals surface area contributed by atoms with Crippen LogP contribution in [-0.4, -0.2) is 13.6 Å². The summed E-state index contributed by atoms with van der Waals surface area (Å²) in [4.78, 5) is 0. The summed E-state index contributed by atoms with van der Waals surface area (Å²) in [7, 11) is 1.84. The van der Waals surface area contributed by atoms with Gasteiger partial charge in [0.1, 0.15) is 0 Å². The lowest BCUT2D eigenvalue weighted by molar-refractivity contribution is -0.137. The fourth-order valence-electron chi connectivity index (χ4n) is 1.52. The molecule has 1 nitrogen and oxygen atoms in total. The third-order valence-electron chi connectivity index (χ3n) is 2.30. The molecule has 4 heteroatoms. The van der Waals surface area contributed by atoms with E-state index in [-0.39, 0.29) is 0 Å². The summed E-state index contributed by atoms with van der Waals surface area (Å²) in [5.74, 6) is 0. The van der Waals surface area contributed by atoms with Crippen molar-refractivity contribution in [2.45, 2.75) is 19.5 Å². The van der Waals surface area contributed by atoms with E-state index < -0.39 is 11.7 Å². The standard InChI is InChI=1S/C13H16F3N/c1-10-7-11(5-3-4-6-17-2)9-12(8-10)13(14,15)16/h3,5,7-9,17H,4,6H2,1-2H3. The fraction of sp³-hybridized carbons (Fsp3) is 0.385. The van der Waals surface area contributed by atoms with Crippen molar-refractivity contribution in [1.29, 1.82) is 0 Å². The van der Waals surface area contributed by atoms with E-state index in [1.165, 1.54) is 6.07 Å². The Morgan fingerprint density at radius 2 is 1.94 bits per heavy atom. The Hall–Kier alpha value is -1.29. The molecule has 0 aliphatic carbocycles. The van der Waals surface area contributed by atoms with E-state index in [9.17, 15) is 13.2 Å². The molecule has 0 amide bonds. The molecule has 0 saturated heterocycles. The van der Waals surface area contributed by atoms with E-state index in [0.29, 0.717) is 11.1 Å². The molecule has 0 aliphatic rings. The van der Waals surface area contributed by atoms with E-state index in [1.807, 2.05) is 13.1 Å². The minimum Gasteiger partial charge on any atom is -0.319 e. The Kier molecular flexibility index (Phi) is 4.75. The van der Waals surface area contributed by atoms with Crippen molar-refractivity contribution in [2.75, 3.05) is 13.6 Å². The SMILES string of the molecule is CNCCC=Cc1cc(C)cc(C(F)(F)F)c1. The zero-order chi connectivity index (χ0) is 12.9. The highest BCUT2D eigenvalue weighted by atomic mass is 19.4. The lowest BCUT2D eigenvalue weighted by Crippen LogP contribution is -2.06. The van der Waals surface area contributed by atoms with Gasteiger partial charge < -0.3 is 5.32 Å². The predicted molar refractivity (Wildman–Crippen MR) is 63.8 cm³/mol. The zero-order valence-corrected chi connectivity index (χ0v) is 9.93. The smallest absolute Gasteiger partial charge is 0.319 e. The molecule has 1 rings (SSSR count). The van der Waals surface area contributed by atoms with Crippen LogP contribution < -0.4 is 5.32 Å². The molecule has 0 heterocycles. The maximum atomic E-state index is 12.6. The Labute approximate surface area is 99.3 Å². The lowest BCUT2D eigenvalue weighted by Gasteiger charge is -2.08. The first kappa shape index (κ1) is 13.8. The zero-order valence-electron chi connectivity index (χ0n) is 9.93. The topological polar surface area (TPSA) is 12.0 Å². The van der Waals surface area contributed by atoms with Crippen molar-refractivity contribution in [3.8, 4) is 0 Å². The average Bonchev–Trinajstić information content (AvgIpc) is 2.22. The molecule has 17 heavy (non-hydrogen) atoms. The Bertz CT molecular complexity index is 394. The van der Waals surface area contributed by atoms with Crippen LogP contribution in [0.1, 0.15) is 23.1 Å². The lowest BCUT2D eigenvalue weighted by atomic mass is 10.1. The molecule has 0 atom stereocenters. The Balaban J connectivity index is 2.87. The van der Waals surface area contributed by atoms with Crippen LogP contribution in [-0.2, 0) is 6.18 Å². The Morgan fingerprint density at radius 3 is 2.53 bits per heavy atom. The highest BCUT2D eigenvalue weighted by Gasteiger charge is 2.30. The molecular formula is C13H16F3N. The first-order valence-electron chi connectivity index (χ1n) is 5.43. The molecule has 1 N–H and O–H groups in total. The average molecular weight is 243 g/mol. The van der Waals surface area contributed by atoms with Crippen molar-refractivity contribution in [3.63, 3.8) is 0 Å². The maximum absolute atomic E-state index is 12.6. The fourth-order valence-corrected chi connectivity index (χ4v) is 1.52. The third kappa shape index (κ3) is 4.61. The second-order valence-electron chi connectivity index (χ2n) is 3.92. The molecule has 0 fully saturated rings. The van der Waals surface area contributed by atoms with Gasteiger partial charge in [-0.15, -0.1) is 0 Å². The maximum Gasteiger partial charge on any atom is 0.416 e. The Morgan fingerprint density at radius 1 is 1.24 bits per heavy atom. The van der Waals surface area contributed by atoms with Crippen LogP contribution in [0.25, 0.3) is 6.08 Å².